The first-order chi connectivity index (χ1) is 16.3. The van der Waals surface area contributed by atoms with Crippen LogP contribution < -0.4 is 5.32 Å². The Kier molecular flexibility index (Phi) is 9.93. The molecule has 0 saturated heterocycles. The summed E-state index contributed by atoms with van der Waals surface area (Å²) in [6, 6.07) is 4.26. The van der Waals surface area contributed by atoms with Crippen molar-refractivity contribution in [2.45, 2.75) is 55.9 Å². The van der Waals surface area contributed by atoms with Gasteiger partial charge >= 0.3 is 0 Å². The smallest absolute Gasteiger partial charge is 0.289 e. The Morgan fingerprint density at radius 2 is 1.97 bits per heavy atom. The van der Waals surface area contributed by atoms with E-state index in [1.54, 1.807) is 0 Å². The minimum atomic E-state index is -4.41. The van der Waals surface area contributed by atoms with Crippen LogP contribution in [0.1, 0.15) is 20.8 Å². The first-order valence-corrected chi connectivity index (χ1v) is 15.7. The second kappa shape index (κ2) is 11.9. The highest BCUT2D eigenvalue weighted by atomic mass is 32.2. The normalized spacial score (nSPS) is 19.5. The Labute approximate surface area is 209 Å². The molecule has 0 amide bonds. The minimum absolute atomic E-state index is 0.0527. The van der Waals surface area contributed by atoms with E-state index in [0.717, 1.165) is 10.5 Å². The average molecular weight is 528 g/mol. The molecule has 0 spiro atoms. The van der Waals surface area contributed by atoms with E-state index < -0.39 is 39.9 Å². The molecule has 196 valence electrons. The van der Waals surface area contributed by atoms with E-state index >= 15 is 0 Å². The van der Waals surface area contributed by atoms with Gasteiger partial charge in [-0.05, 0) is 29.8 Å². The van der Waals surface area contributed by atoms with Crippen LogP contribution in [-0.2, 0) is 24.0 Å². The molecule has 0 aromatic heterocycles. The molecule has 1 unspecified atom stereocenters. The third-order valence-corrected chi connectivity index (χ3v) is 12.5. The highest BCUT2D eigenvalue weighted by Crippen LogP contribution is 2.37. The lowest BCUT2D eigenvalue weighted by atomic mass is 10.0. The monoisotopic (exact) mass is 527 g/mol. The van der Waals surface area contributed by atoms with Crippen molar-refractivity contribution in [2.75, 3.05) is 33.5 Å². The van der Waals surface area contributed by atoms with E-state index in [9.17, 15) is 18.5 Å². The molecule has 12 heteroatoms. The summed E-state index contributed by atoms with van der Waals surface area (Å²) in [5.41, 5.74) is 0.141. The summed E-state index contributed by atoms with van der Waals surface area (Å²) >= 11 is 0. The van der Waals surface area contributed by atoms with Crippen LogP contribution >= 0.6 is 0 Å². The van der Waals surface area contributed by atoms with E-state index in [1.165, 1.54) is 31.4 Å². The van der Waals surface area contributed by atoms with Crippen molar-refractivity contribution < 1.29 is 27.3 Å². The zero-order valence-corrected chi connectivity index (χ0v) is 23.1. The van der Waals surface area contributed by atoms with Crippen molar-refractivity contribution in [2.24, 2.45) is 0 Å². The molecule has 1 heterocycles. The number of hydroxylamine groups is 1. The number of nitrogens with zero attached hydrogens (tertiary/aromatic N) is 2. The molecule has 1 aliphatic heterocycles. The van der Waals surface area contributed by atoms with Crippen LogP contribution in [0.4, 0.5) is 5.69 Å². The number of sulfonamides is 1. The molecule has 0 radical (unpaired) electrons. The molecule has 0 bridgehead atoms. The van der Waals surface area contributed by atoms with Gasteiger partial charge in [0.1, 0.15) is 0 Å². The molecular formula is C23H37N3O7SSi. The number of nitrogens with one attached hydrogen (secondary N) is 1. The van der Waals surface area contributed by atoms with Crippen LogP contribution in [0.15, 0.2) is 53.5 Å². The van der Waals surface area contributed by atoms with E-state index in [1.807, 2.05) is 6.08 Å². The number of ether oxygens (including phenoxy) is 1. The predicted molar refractivity (Wildman–Crippen MR) is 137 cm³/mol. The summed E-state index contributed by atoms with van der Waals surface area (Å²) in [6.45, 7) is 15.1. The van der Waals surface area contributed by atoms with Crippen LogP contribution in [0.5, 0.6) is 0 Å². The maximum absolute atomic E-state index is 13.6. The van der Waals surface area contributed by atoms with Gasteiger partial charge in [0.15, 0.2) is 13.2 Å². The number of methoxy groups -OCH3 is 1. The van der Waals surface area contributed by atoms with Crippen LogP contribution in [0.3, 0.4) is 0 Å². The zero-order valence-electron chi connectivity index (χ0n) is 21.3. The van der Waals surface area contributed by atoms with Crippen molar-refractivity contribution in [3.8, 4) is 0 Å². The minimum Gasteiger partial charge on any atom is -0.415 e. The van der Waals surface area contributed by atoms with Gasteiger partial charge in [-0.25, -0.2) is 8.42 Å². The molecule has 0 fully saturated rings. The number of hydrogen-bond acceptors (Lipinski definition) is 8. The third-order valence-electron chi connectivity index (χ3n) is 6.31. The lowest BCUT2D eigenvalue weighted by Gasteiger charge is -2.39. The molecular weight excluding hydrogens is 490 g/mol. The number of nitro benzene ring substituents is 1. The first kappa shape index (κ1) is 29.3. The highest BCUT2D eigenvalue weighted by molar-refractivity contribution is 7.89. The summed E-state index contributed by atoms with van der Waals surface area (Å²) < 4.78 is 39.7. The van der Waals surface area contributed by atoms with Gasteiger partial charge in [0.25, 0.3) is 15.7 Å². The molecule has 0 aliphatic carbocycles. The van der Waals surface area contributed by atoms with Crippen LogP contribution in [0.2, 0.25) is 18.1 Å². The van der Waals surface area contributed by atoms with Crippen molar-refractivity contribution in [1.82, 2.24) is 9.79 Å². The van der Waals surface area contributed by atoms with Crippen molar-refractivity contribution >= 4 is 24.0 Å². The summed E-state index contributed by atoms with van der Waals surface area (Å²) in [5.74, 6) is 0. The summed E-state index contributed by atoms with van der Waals surface area (Å²) in [6.07, 6.45) is 3.30. The fourth-order valence-electron chi connectivity index (χ4n) is 3.34. The molecule has 35 heavy (non-hydrogen) atoms. The second-order valence-electron chi connectivity index (χ2n) is 9.85. The maximum Gasteiger partial charge on any atom is 0.289 e. The SMILES string of the molecule is C=CCON([C@@H]1CNC(CO[Si](C)(C)C(C)(C)C)C=C1COC)S(=O)(=O)c1ccccc1[N+](=O)[O-]. The van der Waals surface area contributed by atoms with Crippen molar-refractivity contribution in [3.63, 3.8) is 0 Å². The van der Waals surface area contributed by atoms with E-state index in [4.69, 9.17) is 14.0 Å². The number of rotatable bonds is 12. The average Bonchev–Trinajstić information content (AvgIpc) is 2.78. The topological polar surface area (TPSA) is 120 Å². The fraction of sp³-hybridized carbons (Fsp3) is 0.565. The standard InChI is InChI=1S/C23H37N3O7SSi/c1-8-13-32-26(34(29,30)22-12-10-9-11-20(22)25(27)28)21-15-24-19(14-18(21)16-31-5)17-33-35(6,7)23(2,3)4/h8-12,14,19,21,24H,1,13,15-17H2,2-7H3/t19?,21-/m1/s1. The first-order valence-electron chi connectivity index (χ1n) is 11.3. The molecule has 10 nitrogen and oxygen atoms in total. The van der Waals surface area contributed by atoms with Crippen LogP contribution in [-0.4, -0.2) is 71.7 Å². The largest absolute Gasteiger partial charge is 0.415 e. The Balaban J connectivity index is 2.42. The zero-order chi connectivity index (χ0) is 26.4. The fourth-order valence-corrected chi connectivity index (χ4v) is 5.97. The Morgan fingerprint density at radius 3 is 2.54 bits per heavy atom. The van der Waals surface area contributed by atoms with Gasteiger partial charge in [-0.3, -0.25) is 15.0 Å². The maximum atomic E-state index is 13.6. The Hall–Kier alpha value is -1.93. The van der Waals surface area contributed by atoms with Gasteiger partial charge in [-0.1, -0.05) is 49.5 Å². The lowest BCUT2D eigenvalue weighted by molar-refractivity contribution is -0.387. The van der Waals surface area contributed by atoms with Crippen molar-refractivity contribution in [3.05, 3.63) is 58.7 Å². The number of nitro groups is 1. The van der Waals surface area contributed by atoms with Gasteiger partial charge in [-0.2, -0.15) is 0 Å². The highest BCUT2D eigenvalue weighted by Gasteiger charge is 2.41. The van der Waals surface area contributed by atoms with Crippen LogP contribution in [0.25, 0.3) is 0 Å². The van der Waals surface area contributed by atoms with Crippen molar-refractivity contribution in [1.29, 1.82) is 0 Å². The molecule has 2 atom stereocenters. The van der Waals surface area contributed by atoms with Crippen LogP contribution in [0, 0.1) is 10.1 Å². The molecule has 1 aromatic carbocycles. The second-order valence-corrected chi connectivity index (χ2v) is 16.4. The predicted octanol–water partition coefficient (Wildman–Crippen LogP) is 3.64. The lowest BCUT2D eigenvalue weighted by Crippen LogP contribution is -2.54. The van der Waals surface area contributed by atoms with Gasteiger partial charge in [0.2, 0.25) is 0 Å². The molecule has 0 saturated carbocycles. The van der Waals surface area contributed by atoms with Gasteiger partial charge in [0, 0.05) is 25.8 Å². The van der Waals surface area contributed by atoms with E-state index in [2.05, 4.69) is 45.8 Å². The van der Waals surface area contributed by atoms with Gasteiger partial charge < -0.3 is 14.5 Å². The Morgan fingerprint density at radius 1 is 1.31 bits per heavy atom. The third kappa shape index (κ3) is 7.06. The van der Waals surface area contributed by atoms with E-state index in [-0.39, 0.29) is 30.8 Å². The molecule has 1 N–H and O–H groups in total. The number of para-hydroxylation sites is 1. The molecule has 1 aliphatic rings. The molecule has 1 aromatic rings. The van der Waals surface area contributed by atoms with Gasteiger partial charge in [0.05, 0.1) is 30.8 Å². The van der Waals surface area contributed by atoms with E-state index in [0.29, 0.717) is 12.2 Å². The molecule has 2 rings (SSSR count). The van der Waals surface area contributed by atoms with Gasteiger partial charge in [-0.15, -0.1) is 6.58 Å². The number of benzene rings is 1. The Bertz CT molecular complexity index is 1040. The number of hydrogen-bond donors (Lipinski definition) is 1. The summed E-state index contributed by atoms with van der Waals surface area (Å²) in [7, 11) is -4.87. The summed E-state index contributed by atoms with van der Waals surface area (Å²) in [5, 5.41) is 14.9. The summed E-state index contributed by atoms with van der Waals surface area (Å²) in [4.78, 5) is 16.0. The quantitative estimate of drug-likeness (QED) is 0.189.